The van der Waals surface area contributed by atoms with E-state index in [1.807, 2.05) is 83.1 Å². The summed E-state index contributed by atoms with van der Waals surface area (Å²) in [5, 5.41) is 17.9. The Hall–Kier alpha value is -4.80. The molecule has 12 heteroatoms. The number of allylic oxidation sites excluding steroid dienone is 1. The molecular formula is C36H33N3O7PS+. The van der Waals surface area contributed by atoms with Crippen LogP contribution >= 0.6 is 18.9 Å². The lowest BCUT2D eigenvalue weighted by atomic mass is 9.75. The maximum Gasteiger partial charge on any atom is 0.327 e. The molecule has 0 aliphatic carbocycles. The van der Waals surface area contributed by atoms with Gasteiger partial charge >= 0.3 is 7.60 Å². The van der Waals surface area contributed by atoms with Crippen molar-refractivity contribution in [2.75, 3.05) is 30.8 Å². The van der Waals surface area contributed by atoms with Crippen LogP contribution in [-0.2, 0) is 16.4 Å². The Labute approximate surface area is 281 Å². The molecule has 2 N–H and O–H groups in total. The number of ether oxygens (including phenoxy) is 2. The summed E-state index contributed by atoms with van der Waals surface area (Å²) in [6.07, 6.45) is 2.11. The second-order valence-corrected chi connectivity index (χ2v) is 14.6. The number of benzene rings is 4. The van der Waals surface area contributed by atoms with Gasteiger partial charge in [-0.15, -0.1) is 0 Å². The Morgan fingerprint density at radius 2 is 1.85 bits per heavy atom. The average Bonchev–Trinajstić information content (AvgIpc) is 3.77. The highest BCUT2D eigenvalue weighted by atomic mass is 32.1. The quantitative estimate of drug-likeness (QED) is 0.0639. The Morgan fingerprint density at radius 1 is 1.06 bits per heavy atom. The third kappa shape index (κ3) is 6.13. The molecule has 0 bridgehead atoms. The number of fused-ring (bicyclic) bond motifs is 4. The van der Waals surface area contributed by atoms with Gasteiger partial charge in [0.25, 0.3) is 5.69 Å². The maximum atomic E-state index is 12.1. The number of nitro benzene ring substituents is 1. The van der Waals surface area contributed by atoms with E-state index >= 15 is 0 Å². The van der Waals surface area contributed by atoms with Crippen LogP contribution < -0.4 is 14.4 Å². The maximum absolute atomic E-state index is 12.1. The van der Waals surface area contributed by atoms with Crippen LogP contribution in [0, 0.1) is 10.1 Å². The van der Waals surface area contributed by atoms with Crippen molar-refractivity contribution in [2.24, 2.45) is 0 Å². The molecule has 0 saturated carbocycles. The fourth-order valence-corrected chi connectivity index (χ4v) is 7.76. The zero-order chi connectivity index (χ0) is 33.5. The minimum absolute atomic E-state index is 0.000978. The highest BCUT2D eigenvalue weighted by Gasteiger charge is 2.50. The van der Waals surface area contributed by atoms with E-state index in [4.69, 9.17) is 9.47 Å². The molecule has 1 atom stereocenters. The summed E-state index contributed by atoms with van der Waals surface area (Å²) < 4.78 is 27.0. The van der Waals surface area contributed by atoms with Crippen LogP contribution in [0.25, 0.3) is 10.8 Å². The van der Waals surface area contributed by atoms with Crippen LogP contribution in [0.15, 0.2) is 114 Å². The van der Waals surface area contributed by atoms with Crippen LogP contribution in [0.4, 0.5) is 17.1 Å². The standard InChI is InChI=1S/C36H32N3O7PS/c1-36(23-25-15-20-48-24-25)30-21-27(39(40)41)12-14-31(30)37(16-18-45-28-8-3-2-4-9-28)33(36)22-34-38(17-19-47(42,43)44)32-13-11-26-7-5-6-10-29(26)35(32)46-34/h2-15,20-22,24H,16-19,23H2,1H3,(H-,42,43,44)/p+1. The summed E-state index contributed by atoms with van der Waals surface area (Å²) in [7, 11) is -4.34. The van der Waals surface area contributed by atoms with Crippen LogP contribution in [-0.4, -0.2) is 50.9 Å². The Bertz CT molecular complexity index is 2130. The van der Waals surface area contributed by atoms with Gasteiger partial charge < -0.3 is 24.2 Å². The number of non-ortho nitro benzene ring substituents is 1. The minimum atomic E-state index is -4.34. The molecular weight excluding hydrogens is 649 g/mol. The summed E-state index contributed by atoms with van der Waals surface area (Å²) in [6.45, 7) is 2.85. The summed E-state index contributed by atoms with van der Waals surface area (Å²) >= 11 is 1.59. The summed E-state index contributed by atoms with van der Waals surface area (Å²) in [6, 6.07) is 28.2. The second-order valence-electron chi connectivity index (χ2n) is 12.1. The number of rotatable bonds is 11. The van der Waals surface area contributed by atoms with Crippen LogP contribution in [0.3, 0.4) is 0 Å². The third-order valence-corrected chi connectivity index (χ3v) is 10.4. The molecule has 1 unspecified atom stereocenters. The summed E-state index contributed by atoms with van der Waals surface area (Å²) in [4.78, 5) is 33.1. The molecule has 0 spiro atoms. The van der Waals surface area contributed by atoms with Gasteiger partial charge in [-0.3, -0.25) is 14.7 Å². The van der Waals surface area contributed by atoms with E-state index in [0.717, 1.165) is 39.0 Å². The SMILES string of the molecule is CC1(Cc2ccsc2)C(/C=C2\Oc3c(ccc4ccccc34)N2CCP(=O)(O)O)=[N+](CCOc2ccccc2)c2ccc([N+](=O)[O-])cc21. The van der Waals surface area contributed by atoms with Gasteiger partial charge in [-0.2, -0.15) is 15.9 Å². The van der Waals surface area contributed by atoms with Crippen LogP contribution in [0.2, 0.25) is 0 Å². The zero-order valence-corrected chi connectivity index (χ0v) is 27.8. The predicted octanol–water partition coefficient (Wildman–Crippen LogP) is 7.41. The average molecular weight is 683 g/mol. The van der Waals surface area contributed by atoms with E-state index in [2.05, 4.69) is 22.9 Å². The van der Waals surface area contributed by atoms with Crippen molar-refractivity contribution < 1.29 is 33.3 Å². The van der Waals surface area contributed by atoms with Gasteiger partial charge in [0.15, 0.2) is 18.0 Å². The first-order valence-corrected chi connectivity index (χ1v) is 18.2. The van der Waals surface area contributed by atoms with E-state index in [-0.39, 0.29) is 23.3 Å². The number of nitrogens with zero attached hydrogens (tertiary/aromatic N) is 3. The molecule has 7 rings (SSSR count). The lowest BCUT2D eigenvalue weighted by Gasteiger charge is -2.23. The zero-order valence-electron chi connectivity index (χ0n) is 26.1. The van der Waals surface area contributed by atoms with E-state index < -0.39 is 13.0 Å². The van der Waals surface area contributed by atoms with E-state index in [0.29, 0.717) is 36.9 Å². The molecule has 0 amide bonds. The Morgan fingerprint density at radius 3 is 2.60 bits per heavy atom. The molecule has 1 aromatic heterocycles. The van der Waals surface area contributed by atoms with E-state index in [1.54, 1.807) is 23.5 Å². The highest BCUT2D eigenvalue weighted by molar-refractivity contribution is 7.51. The normalized spacial score (nSPS) is 17.9. The topological polar surface area (TPSA) is 125 Å². The minimum Gasteiger partial charge on any atom is -0.487 e. The first-order chi connectivity index (χ1) is 23.1. The summed E-state index contributed by atoms with van der Waals surface area (Å²) in [5.74, 6) is 1.75. The van der Waals surface area contributed by atoms with Gasteiger partial charge in [-0.05, 0) is 59.3 Å². The van der Waals surface area contributed by atoms with E-state index in [9.17, 15) is 24.5 Å². The smallest absolute Gasteiger partial charge is 0.327 e. The van der Waals surface area contributed by atoms with Gasteiger partial charge in [-0.1, -0.05) is 48.5 Å². The second kappa shape index (κ2) is 12.7. The monoisotopic (exact) mass is 682 g/mol. The van der Waals surface area contributed by atoms with Gasteiger partial charge in [-0.25, -0.2) is 0 Å². The number of nitro groups is 1. The van der Waals surface area contributed by atoms with Crippen LogP contribution in [0.1, 0.15) is 18.1 Å². The lowest BCUT2D eigenvalue weighted by molar-refractivity contribution is -0.440. The molecule has 4 aromatic carbocycles. The Balaban J connectivity index is 1.39. The molecule has 3 heterocycles. The van der Waals surface area contributed by atoms with Gasteiger partial charge in [0.05, 0.1) is 28.3 Å². The fourth-order valence-electron chi connectivity index (χ4n) is 6.63. The first-order valence-electron chi connectivity index (χ1n) is 15.5. The number of anilines is 1. The largest absolute Gasteiger partial charge is 0.487 e. The molecule has 2 aliphatic rings. The highest BCUT2D eigenvalue weighted by Crippen LogP contribution is 2.48. The van der Waals surface area contributed by atoms with Crippen molar-refractivity contribution in [3.63, 3.8) is 0 Å². The van der Waals surface area contributed by atoms with Crippen molar-refractivity contribution in [3.05, 3.63) is 135 Å². The number of hydrogen-bond donors (Lipinski definition) is 2. The first kappa shape index (κ1) is 31.8. The van der Waals surface area contributed by atoms with Gasteiger partial charge in [0.2, 0.25) is 11.6 Å². The molecule has 2 aliphatic heterocycles. The van der Waals surface area contributed by atoms with Crippen LogP contribution in [0.5, 0.6) is 11.5 Å². The molecule has 10 nitrogen and oxygen atoms in total. The lowest BCUT2D eigenvalue weighted by Crippen LogP contribution is -2.36. The van der Waals surface area contributed by atoms with Gasteiger partial charge in [0, 0.05) is 35.7 Å². The van der Waals surface area contributed by atoms with Crippen molar-refractivity contribution in [1.82, 2.24) is 0 Å². The fraction of sp³-hybridized carbons (Fsp3) is 0.194. The number of hydrogen-bond acceptors (Lipinski definition) is 7. The van der Waals surface area contributed by atoms with Crippen molar-refractivity contribution in [3.8, 4) is 11.5 Å². The molecule has 0 saturated heterocycles. The molecule has 5 aromatic rings. The Kier molecular flexibility index (Phi) is 8.39. The molecule has 0 fully saturated rings. The molecule has 244 valence electrons. The summed E-state index contributed by atoms with van der Waals surface area (Å²) in [5.41, 5.74) is 3.50. The number of para-hydroxylation sites is 1. The predicted molar refractivity (Wildman–Crippen MR) is 187 cm³/mol. The van der Waals surface area contributed by atoms with Crippen molar-refractivity contribution >= 4 is 52.5 Å². The molecule has 0 radical (unpaired) electrons. The third-order valence-electron chi connectivity index (χ3n) is 8.89. The van der Waals surface area contributed by atoms with Crippen molar-refractivity contribution in [2.45, 2.75) is 18.8 Å². The molecule has 48 heavy (non-hydrogen) atoms. The van der Waals surface area contributed by atoms with Gasteiger partial charge in [0.1, 0.15) is 12.4 Å². The van der Waals surface area contributed by atoms with E-state index in [1.165, 1.54) is 6.07 Å². The van der Waals surface area contributed by atoms with Crippen molar-refractivity contribution in [1.29, 1.82) is 0 Å². The number of thiophene rings is 1.